The van der Waals surface area contributed by atoms with Crippen molar-refractivity contribution in [2.75, 3.05) is 12.1 Å². The Labute approximate surface area is 184 Å². The van der Waals surface area contributed by atoms with Gasteiger partial charge in [-0.1, -0.05) is 18.2 Å². The number of aryl methyl sites for hydroxylation is 1. The van der Waals surface area contributed by atoms with E-state index >= 15 is 0 Å². The Hall–Kier alpha value is -3.87. The number of carbonyl (C=O) groups is 2. The number of anilines is 1. The van der Waals surface area contributed by atoms with Gasteiger partial charge in [-0.2, -0.15) is 0 Å². The van der Waals surface area contributed by atoms with Crippen molar-refractivity contribution in [3.63, 3.8) is 0 Å². The Bertz CT molecular complexity index is 1250. The summed E-state index contributed by atoms with van der Waals surface area (Å²) in [5.74, 6) is -0.00566. The third-order valence-corrected chi connectivity index (χ3v) is 6.15. The molecule has 2 aliphatic rings. The van der Waals surface area contributed by atoms with Gasteiger partial charge in [-0.15, -0.1) is 0 Å². The second kappa shape index (κ2) is 7.37. The third kappa shape index (κ3) is 3.36. The summed E-state index contributed by atoms with van der Waals surface area (Å²) < 4.78 is 25.5. The van der Waals surface area contributed by atoms with Crippen molar-refractivity contribution in [1.82, 2.24) is 0 Å². The van der Waals surface area contributed by atoms with Crippen molar-refractivity contribution < 1.29 is 23.5 Å². The second-order valence-corrected chi connectivity index (χ2v) is 8.19. The number of carbonyl (C=O) groups excluding carboxylic acids is 2. The van der Waals surface area contributed by atoms with Crippen LogP contribution >= 0.6 is 0 Å². The number of halogens is 1. The van der Waals surface area contributed by atoms with Gasteiger partial charge in [0.2, 0.25) is 18.6 Å². The van der Waals surface area contributed by atoms with Crippen LogP contribution in [0.15, 0.2) is 54.6 Å². The van der Waals surface area contributed by atoms with E-state index in [0.29, 0.717) is 35.5 Å². The van der Waals surface area contributed by atoms with E-state index in [1.807, 2.05) is 12.1 Å². The first-order valence-corrected chi connectivity index (χ1v) is 10.3. The van der Waals surface area contributed by atoms with E-state index in [1.54, 1.807) is 43.3 Å². The summed E-state index contributed by atoms with van der Waals surface area (Å²) in [6.07, 6.45) is 1.35. The maximum absolute atomic E-state index is 14.8. The first kappa shape index (κ1) is 20.1. The number of nitrogens with two attached hydrogens (primary N) is 1. The standard InChI is InChI=1S/C25H21FN2O4/c1-14-10-19(26)20(12-18(14)15-2-4-16(5-3-15)23(27)29)28-24(30)25(8-9-25)17-6-7-21-22(11-17)32-13-31-21/h2-7,10-12H,8-9,13H2,1H3,(H2,27,29)(H,28,30). The monoisotopic (exact) mass is 432 g/mol. The van der Waals surface area contributed by atoms with Gasteiger partial charge in [0.25, 0.3) is 0 Å². The Morgan fingerprint density at radius 3 is 2.41 bits per heavy atom. The lowest BCUT2D eigenvalue weighted by molar-refractivity contribution is -0.118. The fourth-order valence-corrected chi connectivity index (χ4v) is 4.10. The molecule has 0 spiro atoms. The number of ether oxygens (including phenoxy) is 2. The largest absolute Gasteiger partial charge is 0.454 e. The molecule has 1 aliphatic heterocycles. The summed E-state index contributed by atoms with van der Waals surface area (Å²) in [5, 5.41) is 2.79. The van der Waals surface area contributed by atoms with E-state index in [0.717, 1.165) is 16.7 Å². The highest BCUT2D eigenvalue weighted by Crippen LogP contribution is 2.51. The van der Waals surface area contributed by atoms with Crippen LogP contribution in [0.2, 0.25) is 0 Å². The SMILES string of the molecule is Cc1cc(F)c(NC(=O)C2(c3ccc4c(c3)OCO4)CC2)cc1-c1ccc(C(N)=O)cc1. The van der Waals surface area contributed by atoms with E-state index in [1.165, 1.54) is 6.07 Å². The van der Waals surface area contributed by atoms with Crippen molar-refractivity contribution in [2.45, 2.75) is 25.2 Å². The summed E-state index contributed by atoms with van der Waals surface area (Å²) in [6.45, 7) is 1.96. The predicted molar refractivity (Wildman–Crippen MR) is 117 cm³/mol. The molecule has 0 saturated heterocycles. The van der Waals surface area contributed by atoms with Crippen molar-refractivity contribution >= 4 is 17.5 Å². The maximum Gasteiger partial charge on any atom is 0.248 e. The van der Waals surface area contributed by atoms with Crippen LogP contribution in [-0.2, 0) is 10.2 Å². The topological polar surface area (TPSA) is 90.7 Å². The molecular formula is C25H21FN2O4. The molecule has 1 heterocycles. The Morgan fingerprint density at radius 2 is 1.72 bits per heavy atom. The van der Waals surface area contributed by atoms with Crippen LogP contribution in [0.25, 0.3) is 11.1 Å². The number of amides is 2. The lowest BCUT2D eigenvalue weighted by atomic mass is 9.94. The summed E-state index contributed by atoms with van der Waals surface area (Å²) in [7, 11) is 0. The lowest BCUT2D eigenvalue weighted by Crippen LogP contribution is -2.28. The minimum Gasteiger partial charge on any atom is -0.454 e. The Kier molecular flexibility index (Phi) is 4.62. The molecule has 1 saturated carbocycles. The number of primary amides is 1. The average Bonchev–Trinajstić information content (AvgIpc) is 3.46. The van der Waals surface area contributed by atoms with Gasteiger partial charge in [0, 0.05) is 5.56 Å². The number of fused-ring (bicyclic) bond motifs is 1. The lowest BCUT2D eigenvalue weighted by Gasteiger charge is -2.18. The maximum atomic E-state index is 14.8. The van der Waals surface area contributed by atoms with Crippen molar-refractivity contribution in [3.05, 3.63) is 77.1 Å². The first-order chi connectivity index (χ1) is 15.4. The van der Waals surface area contributed by atoms with E-state index in [-0.39, 0.29) is 18.4 Å². The van der Waals surface area contributed by atoms with E-state index in [2.05, 4.69) is 5.32 Å². The smallest absolute Gasteiger partial charge is 0.248 e. The fourth-order valence-electron chi connectivity index (χ4n) is 4.10. The van der Waals surface area contributed by atoms with Gasteiger partial charge in [-0.25, -0.2) is 4.39 Å². The summed E-state index contributed by atoms with van der Waals surface area (Å²) in [5.41, 5.74) is 8.19. The van der Waals surface area contributed by atoms with Crippen molar-refractivity contribution in [3.8, 4) is 22.6 Å². The molecule has 0 bridgehead atoms. The molecule has 1 aliphatic carbocycles. The molecular weight excluding hydrogens is 411 g/mol. The van der Waals surface area contributed by atoms with Gasteiger partial charge in [0.15, 0.2) is 11.5 Å². The Balaban J connectivity index is 1.43. The number of hydrogen-bond donors (Lipinski definition) is 2. The molecule has 162 valence electrons. The van der Waals surface area contributed by atoms with Crippen LogP contribution < -0.4 is 20.5 Å². The first-order valence-electron chi connectivity index (χ1n) is 10.3. The van der Waals surface area contributed by atoms with E-state index < -0.39 is 17.1 Å². The normalized spacial score (nSPS) is 15.3. The molecule has 32 heavy (non-hydrogen) atoms. The van der Waals surface area contributed by atoms with Crippen molar-refractivity contribution in [1.29, 1.82) is 0 Å². The summed E-state index contributed by atoms with van der Waals surface area (Å²) in [6, 6.07) is 15.2. The zero-order chi connectivity index (χ0) is 22.5. The highest BCUT2D eigenvalue weighted by atomic mass is 19.1. The molecule has 3 aromatic rings. The quantitative estimate of drug-likeness (QED) is 0.629. The molecule has 0 atom stereocenters. The molecule has 7 heteroatoms. The highest BCUT2D eigenvalue weighted by molar-refractivity contribution is 6.02. The molecule has 2 amide bonds. The number of benzene rings is 3. The van der Waals surface area contributed by atoms with Crippen LogP contribution in [0.4, 0.5) is 10.1 Å². The van der Waals surface area contributed by atoms with Gasteiger partial charge in [-0.3, -0.25) is 9.59 Å². The van der Waals surface area contributed by atoms with Gasteiger partial charge in [-0.05, 0) is 78.4 Å². The van der Waals surface area contributed by atoms with Gasteiger partial charge >= 0.3 is 0 Å². The van der Waals surface area contributed by atoms with Crippen LogP contribution in [0.3, 0.4) is 0 Å². The molecule has 3 aromatic carbocycles. The summed E-state index contributed by atoms with van der Waals surface area (Å²) >= 11 is 0. The third-order valence-electron chi connectivity index (χ3n) is 6.15. The van der Waals surface area contributed by atoms with Crippen LogP contribution in [0.1, 0.15) is 34.3 Å². The highest BCUT2D eigenvalue weighted by Gasteiger charge is 2.51. The van der Waals surface area contributed by atoms with E-state index in [9.17, 15) is 14.0 Å². The number of hydrogen-bond acceptors (Lipinski definition) is 4. The number of nitrogens with one attached hydrogen (secondary N) is 1. The molecule has 6 nitrogen and oxygen atoms in total. The second-order valence-electron chi connectivity index (χ2n) is 8.19. The molecule has 0 aromatic heterocycles. The fraction of sp³-hybridized carbons (Fsp3) is 0.200. The summed E-state index contributed by atoms with van der Waals surface area (Å²) in [4.78, 5) is 24.5. The van der Waals surface area contributed by atoms with Crippen LogP contribution in [-0.4, -0.2) is 18.6 Å². The minimum atomic E-state index is -0.707. The van der Waals surface area contributed by atoms with Crippen molar-refractivity contribution in [2.24, 2.45) is 5.73 Å². The van der Waals surface area contributed by atoms with Crippen LogP contribution in [0, 0.1) is 12.7 Å². The Morgan fingerprint density at radius 1 is 1.00 bits per heavy atom. The zero-order valence-electron chi connectivity index (χ0n) is 17.4. The predicted octanol–water partition coefficient (Wildman–Crippen LogP) is 4.30. The molecule has 5 rings (SSSR count). The van der Waals surface area contributed by atoms with Gasteiger partial charge in [0.05, 0.1) is 11.1 Å². The molecule has 3 N–H and O–H groups in total. The van der Waals surface area contributed by atoms with E-state index in [4.69, 9.17) is 15.2 Å². The molecule has 0 radical (unpaired) electrons. The minimum absolute atomic E-state index is 0.113. The van der Waals surface area contributed by atoms with Crippen LogP contribution in [0.5, 0.6) is 11.5 Å². The molecule has 0 unspecified atom stereocenters. The zero-order valence-corrected chi connectivity index (χ0v) is 17.4. The van der Waals surface area contributed by atoms with Gasteiger partial charge < -0.3 is 20.5 Å². The average molecular weight is 432 g/mol. The van der Waals surface area contributed by atoms with Gasteiger partial charge in [0.1, 0.15) is 5.82 Å². The number of rotatable bonds is 5. The molecule has 1 fully saturated rings.